The molecule has 2 atom stereocenters. The zero-order valence-electron chi connectivity index (χ0n) is 15.0. The second-order valence-electron chi connectivity index (χ2n) is 6.76. The molecule has 0 aliphatic rings. The summed E-state index contributed by atoms with van der Waals surface area (Å²) in [7, 11) is 0. The third-order valence-electron chi connectivity index (χ3n) is 3.67. The highest BCUT2D eigenvalue weighted by molar-refractivity contribution is 5.08. The maximum atomic E-state index is 9.85. The van der Waals surface area contributed by atoms with Crippen LogP contribution in [0.3, 0.4) is 0 Å². The summed E-state index contributed by atoms with van der Waals surface area (Å²) < 4.78 is 0. The summed E-state index contributed by atoms with van der Waals surface area (Å²) in [4.78, 5) is 0. The van der Waals surface area contributed by atoms with Crippen LogP contribution in [0.4, 0.5) is 0 Å². The van der Waals surface area contributed by atoms with Crippen molar-refractivity contribution in [1.82, 2.24) is 0 Å². The van der Waals surface area contributed by atoms with Crippen LogP contribution in [0, 0.1) is 0 Å². The molecule has 0 unspecified atom stereocenters. The topological polar surface area (TPSA) is 40.5 Å². The van der Waals surface area contributed by atoms with E-state index in [1.54, 1.807) is 13.0 Å². The first-order valence-electron chi connectivity index (χ1n) is 8.16. The van der Waals surface area contributed by atoms with Gasteiger partial charge in [-0.2, -0.15) is 0 Å². The first kappa shape index (κ1) is 20.9. The Hall–Kier alpha value is -1.12. The van der Waals surface area contributed by atoms with Crippen LogP contribution in [0.5, 0.6) is 0 Å². The molecule has 2 heteroatoms. The minimum atomic E-state index is -0.770. The summed E-state index contributed by atoms with van der Waals surface area (Å²) in [6.07, 6.45) is 11.8. The normalized spacial score (nSPS) is 16.9. The molecule has 0 saturated heterocycles. The van der Waals surface area contributed by atoms with Gasteiger partial charge < -0.3 is 10.2 Å². The molecule has 0 aromatic carbocycles. The van der Waals surface area contributed by atoms with Crippen molar-refractivity contribution in [2.24, 2.45) is 0 Å². The molecule has 22 heavy (non-hydrogen) atoms. The van der Waals surface area contributed by atoms with Gasteiger partial charge in [-0.25, -0.2) is 0 Å². The van der Waals surface area contributed by atoms with Crippen molar-refractivity contribution in [2.45, 2.75) is 78.4 Å². The number of aliphatic hydroxyl groups is 2. The molecular formula is C20H34O2. The molecule has 0 rings (SSSR count). The minimum absolute atomic E-state index is 0.376. The van der Waals surface area contributed by atoms with Gasteiger partial charge in [0.25, 0.3) is 0 Å². The van der Waals surface area contributed by atoms with Gasteiger partial charge in [-0.1, -0.05) is 41.0 Å². The lowest BCUT2D eigenvalue weighted by Crippen LogP contribution is -2.19. The van der Waals surface area contributed by atoms with Crippen LogP contribution in [0.2, 0.25) is 0 Å². The van der Waals surface area contributed by atoms with Gasteiger partial charge in [0.15, 0.2) is 0 Å². The summed E-state index contributed by atoms with van der Waals surface area (Å²) >= 11 is 0. The molecule has 0 saturated carbocycles. The largest absolute Gasteiger partial charge is 0.389 e. The highest BCUT2D eigenvalue weighted by Crippen LogP contribution is 2.16. The Labute approximate surface area is 137 Å². The standard InChI is InChI=1S/C20H34O2/c1-7-20(6,22)13-9-12-17(4)10-8-11-18(5)15-19(21)14-16(2)3/h7,11-12,14,19,21-22H,1,8-10,13,15H2,2-6H3/b17-12+,18-11+/t19-,20-/m1/s1. The van der Waals surface area contributed by atoms with Gasteiger partial charge >= 0.3 is 0 Å². The fourth-order valence-corrected chi connectivity index (χ4v) is 2.22. The van der Waals surface area contributed by atoms with Gasteiger partial charge in [0.2, 0.25) is 0 Å². The van der Waals surface area contributed by atoms with E-state index in [2.05, 4.69) is 32.6 Å². The Bertz CT molecular complexity index is 421. The lowest BCUT2D eigenvalue weighted by Gasteiger charge is -2.16. The molecule has 0 bridgehead atoms. The number of aliphatic hydroxyl groups excluding tert-OH is 1. The molecular weight excluding hydrogens is 272 g/mol. The third-order valence-corrected chi connectivity index (χ3v) is 3.67. The Morgan fingerprint density at radius 3 is 2.23 bits per heavy atom. The summed E-state index contributed by atoms with van der Waals surface area (Å²) in [6, 6.07) is 0. The number of hydrogen-bond donors (Lipinski definition) is 2. The van der Waals surface area contributed by atoms with Crippen molar-refractivity contribution < 1.29 is 10.2 Å². The molecule has 0 amide bonds. The van der Waals surface area contributed by atoms with Crippen LogP contribution in [0.1, 0.15) is 66.7 Å². The molecule has 2 N–H and O–H groups in total. The predicted octanol–water partition coefficient (Wildman–Crippen LogP) is 5.09. The maximum absolute atomic E-state index is 9.85. The van der Waals surface area contributed by atoms with E-state index < -0.39 is 5.60 Å². The summed E-state index contributed by atoms with van der Waals surface area (Å²) in [5, 5.41) is 19.7. The highest BCUT2D eigenvalue weighted by Gasteiger charge is 2.13. The van der Waals surface area contributed by atoms with E-state index in [0.29, 0.717) is 12.8 Å². The lowest BCUT2D eigenvalue weighted by molar-refractivity contribution is 0.103. The van der Waals surface area contributed by atoms with E-state index in [1.165, 1.54) is 11.1 Å². The van der Waals surface area contributed by atoms with Crippen molar-refractivity contribution in [3.8, 4) is 0 Å². The van der Waals surface area contributed by atoms with Gasteiger partial charge in [-0.15, -0.1) is 6.58 Å². The van der Waals surface area contributed by atoms with Crippen molar-refractivity contribution in [2.75, 3.05) is 0 Å². The average Bonchev–Trinajstić information content (AvgIpc) is 2.37. The maximum Gasteiger partial charge on any atom is 0.0800 e. The smallest absolute Gasteiger partial charge is 0.0800 e. The van der Waals surface area contributed by atoms with Crippen LogP contribution < -0.4 is 0 Å². The number of rotatable bonds is 10. The van der Waals surface area contributed by atoms with Crippen LogP contribution in [0.25, 0.3) is 0 Å². The van der Waals surface area contributed by atoms with E-state index in [1.807, 2.05) is 19.9 Å². The average molecular weight is 306 g/mol. The van der Waals surface area contributed by atoms with Crippen LogP contribution in [0.15, 0.2) is 47.6 Å². The Morgan fingerprint density at radius 1 is 1.09 bits per heavy atom. The molecule has 0 heterocycles. The number of hydrogen-bond acceptors (Lipinski definition) is 2. The Balaban J connectivity index is 4.14. The highest BCUT2D eigenvalue weighted by atomic mass is 16.3. The van der Waals surface area contributed by atoms with Gasteiger partial charge in [0.1, 0.15) is 0 Å². The number of allylic oxidation sites excluding steroid dienone is 4. The van der Waals surface area contributed by atoms with Gasteiger partial charge in [-0.3, -0.25) is 0 Å². The monoisotopic (exact) mass is 306 g/mol. The van der Waals surface area contributed by atoms with Crippen molar-refractivity contribution >= 4 is 0 Å². The molecule has 0 aromatic heterocycles. The van der Waals surface area contributed by atoms with Crippen molar-refractivity contribution in [1.29, 1.82) is 0 Å². The van der Waals surface area contributed by atoms with Crippen molar-refractivity contribution in [3.05, 3.63) is 47.6 Å². The van der Waals surface area contributed by atoms with E-state index in [0.717, 1.165) is 24.8 Å². The summed E-state index contributed by atoms with van der Waals surface area (Å²) in [6.45, 7) is 13.6. The lowest BCUT2D eigenvalue weighted by atomic mass is 9.99. The summed E-state index contributed by atoms with van der Waals surface area (Å²) in [5.41, 5.74) is 2.95. The van der Waals surface area contributed by atoms with E-state index in [-0.39, 0.29) is 6.10 Å². The molecule has 126 valence electrons. The fraction of sp³-hybridized carbons (Fsp3) is 0.600. The van der Waals surface area contributed by atoms with E-state index in [9.17, 15) is 10.2 Å². The van der Waals surface area contributed by atoms with Crippen LogP contribution >= 0.6 is 0 Å². The first-order chi connectivity index (χ1) is 10.2. The first-order valence-corrected chi connectivity index (χ1v) is 8.16. The van der Waals surface area contributed by atoms with Crippen molar-refractivity contribution in [3.63, 3.8) is 0 Å². The zero-order valence-corrected chi connectivity index (χ0v) is 15.0. The molecule has 2 nitrogen and oxygen atoms in total. The molecule has 0 radical (unpaired) electrons. The minimum Gasteiger partial charge on any atom is -0.389 e. The van der Waals surface area contributed by atoms with Crippen LogP contribution in [-0.4, -0.2) is 21.9 Å². The molecule has 0 aromatic rings. The van der Waals surface area contributed by atoms with Crippen LogP contribution in [-0.2, 0) is 0 Å². The molecule has 0 fully saturated rings. The molecule has 0 aliphatic carbocycles. The van der Waals surface area contributed by atoms with Gasteiger partial charge in [-0.05, 0) is 66.7 Å². The Kier molecular flexibility index (Phi) is 10.0. The SMILES string of the molecule is C=C[C@@](C)(O)CC/C=C(\C)CC/C=C(\C)C[C@H](O)C=C(C)C. The molecule has 0 aliphatic heterocycles. The second-order valence-corrected chi connectivity index (χ2v) is 6.76. The summed E-state index contributed by atoms with van der Waals surface area (Å²) in [5.74, 6) is 0. The van der Waals surface area contributed by atoms with E-state index >= 15 is 0 Å². The molecule has 0 spiro atoms. The Morgan fingerprint density at radius 2 is 1.68 bits per heavy atom. The third kappa shape index (κ3) is 11.5. The zero-order chi connectivity index (χ0) is 17.2. The van der Waals surface area contributed by atoms with E-state index in [4.69, 9.17) is 0 Å². The predicted molar refractivity (Wildman–Crippen MR) is 96.9 cm³/mol. The van der Waals surface area contributed by atoms with Gasteiger partial charge in [0, 0.05) is 0 Å². The van der Waals surface area contributed by atoms with Gasteiger partial charge in [0.05, 0.1) is 11.7 Å². The second kappa shape index (κ2) is 10.6. The fourth-order valence-electron chi connectivity index (χ4n) is 2.22. The quantitative estimate of drug-likeness (QED) is 0.552.